The summed E-state index contributed by atoms with van der Waals surface area (Å²) < 4.78 is 28.4. The van der Waals surface area contributed by atoms with Gasteiger partial charge in [-0.2, -0.15) is 4.36 Å². The van der Waals surface area contributed by atoms with E-state index in [9.17, 15) is 18.9 Å². The van der Waals surface area contributed by atoms with E-state index in [2.05, 4.69) is 4.36 Å². The van der Waals surface area contributed by atoms with Gasteiger partial charge < -0.3 is 14.6 Å². The molecule has 1 aliphatic carbocycles. The lowest BCUT2D eigenvalue weighted by molar-refractivity contribution is -0.116. The normalized spacial score (nSPS) is 19.3. The Bertz CT molecular complexity index is 944. The number of hydrogen-bond donors (Lipinski definition) is 1. The quantitative estimate of drug-likeness (QED) is 0.589. The number of aliphatic hydroxyl groups excluding tert-OH is 1. The lowest BCUT2D eigenvalue weighted by Crippen LogP contribution is -2.20. The standard InChI is InChI=1S/C20H25NO6S/c1-26-16-10-9-13(19(24)17-14(22)7-6-8-15(17)23)20(27-2)18(16)21-28(25)11-4-3-5-12-28/h9-10,22H,3-8,11-12H2,1-2H3. The number of ether oxygens (including phenoxy) is 2. The fraction of sp³-hybridized carbons (Fsp3) is 0.500. The van der Waals surface area contributed by atoms with Crippen molar-refractivity contribution in [1.82, 2.24) is 0 Å². The van der Waals surface area contributed by atoms with E-state index in [1.807, 2.05) is 0 Å². The van der Waals surface area contributed by atoms with Crippen molar-refractivity contribution in [2.75, 3.05) is 25.7 Å². The van der Waals surface area contributed by atoms with Gasteiger partial charge in [-0.3, -0.25) is 9.59 Å². The van der Waals surface area contributed by atoms with Gasteiger partial charge in [0.2, 0.25) is 5.78 Å². The summed E-state index contributed by atoms with van der Waals surface area (Å²) in [5.74, 6) is 0.228. The number of methoxy groups -OCH3 is 2. The highest BCUT2D eigenvalue weighted by atomic mass is 32.2. The molecule has 152 valence electrons. The third-order valence-corrected chi connectivity index (χ3v) is 7.43. The molecular weight excluding hydrogens is 382 g/mol. The fourth-order valence-electron chi connectivity index (χ4n) is 3.60. The van der Waals surface area contributed by atoms with Crippen LogP contribution < -0.4 is 9.47 Å². The van der Waals surface area contributed by atoms with Crippen LogP contribution in [0, 0.1) is 0 Å². The Morgan fingerprint density at radius 3 is 2.39 bits per heavy atom. The van der Waals surface area contributed by atoms with Crippen LogP contribution in [0.25, 0.3) is 0 Å². The van der Waals surface area contributed by atoms with Crippen molar-refractivity contribution >= 4 is 27.0 Å². The molecule has 1 aromatic carbocycles. The molecule has 0 amide bonds. The molecule has 0 spiro atoms. The molecule has 1 aliphatic heterocycles. The third kappa shape index (κ3) is 3.92. The van der Waals surface area contributed by atoms with Crippen LogP contribution in [0.5, 0.6) is 11.5 Å². The van der Waals surface area contributed by atoms with E-state index < -0.39 is 15.5 Å². The largest absolute Gasteiger partial charge is 0.511 e. The molecule has 1 heterocycles. The van der Waals surface area contributed by atoms with E-state index in [-0.39, 0.29) is 47.0 Å². The molecule has 1 aromatic rings. The molecule has 0 atom stereocenters. The summed E-state index contributed by atoms with van der Waals surface area (Å²) in [6.07, 6.45) is 3.71. The maximum absolute atomic E-state index is 13.1. The highest BCUT2D eigenvalue weighted by Crippen LogP contribution is 2.43. The Morgan fingerprint density at radius 1 is 1.07 bits per heavy atom. The number of ketones is 2. The van der Waals surface area contributed by atoms with Gasteiger partial charge in [-0.1, -0.05) is 6.42 Å². The summed E-state index contributed by atoms with van der Waals surface area (Å²) in [5, 5.41) is 10.1. The summed E-state index contributed by atoms with van der Waals surface area (Å²) in [7, 11) is 0.372. The van der Waals surface area contributed by atoms with Crippen molar-refractivity contribution in [1.29, 1.82) is 0 Å². The molecule has 2 aliphatic rings. The minimum atomic E-state index is -2.47. The molecule has 0 saturated carbocycles. The van der Waals surface area contributed by atoms with E-state index in [0.29, 0.717) is 23.7 Å². The zero-order chi connectivity index (χ0) is 20.3. The van der Waals surface area contributed by atoms with Crippen molar-refractivity contribution in [3.63, 3.8) is 0 Å². The van der Waals surface area contributed by atoms with Gasteiger partial charge in [-0.05, 0) is 31.4 Å². The number of rotatable bonds is 5. The number of Topliss-reactive ketones (excluding diaryl/α,β-unsaturated/α-hetero) is 2. The summed E-state index contributed by atoms with van der Waals surface area (Å²) in [5.41, 5.74) is 0.103. The number of benzene rings is 1. The Hall–Kier alpha value is -2.35. The zero-order valence-electron chi connectivity index (χ0n) is 16.2. The zero-order valence-corrected chi connectivity index (χ0v) is 17.0. The van der Waals surface area contributed by atoms with E-state index in [0.717, 1.165) is 19.3 Å². The average Bonchev–Trinajstić information content (AvgIpc) is 2.67. The smallest absolute Gasteiger partial charge is 0.203 e. The van der Waals surface area contributed by atoms with Crippen LogP contribution in [0.1, 0.15) is 48.9 Å². The van der Waals surface area contributed by atoms with Crippen LogP contribution in [0.15, 0.2) is 27.8 Å². The van der Waals surface area contributed by atoms with Crippen LogP contribution >= 0.6 is 0 Å². The van der Waals surface area contributed by atoms with Crippen molar-refractivity contribution in [3.05, 3.63) is 29.0 Å². The molecule has 7 nitrogen and oxygen atoms in total. The topological polar surface area (TPSA) is 102 Å². The van der Waals surface area contributed by atoms with Gasteiger partial charge in [0.25, 0.3) is 0 Å². The van der Waals surface area contributed by atoms with Gasteiger partial charge in [-0.15, -0.1) is 0 Å². The minimum Gasteiger partial charge on any atom is -0.511 e. The maximum atomic E-state index is 13.1. The second kappa shape index (κ2) is 8.34. The molecule has 1 fully saturated rings. The monoisotopic (exact) mass is 407 g/mol. The van der Waals surface area contributed by atoms with Gasteiger partial charge in [0.05, 0.1) is 29.5 Å². The van der Waals surface area contributed by atoms with Crippen molar-refractivity contribution in [2.45, 2.75) is 38.5 Å². The summed E-state index contributed by atoms with van der Waals surface area (Å²) in [4.78, 5) is 25.3. The van der Waals surface area contributed by atoms with Gasteiger partial charge in [0.1, 0.15) is 17.1 Å². The number of allylic oxidation sites excluding steroid dienone is 2. The third-order valence-electron chi connectivity index (χ3n) is 5.06. The Morgan fingerprint density at radius 2 is 1.79 bits per heavy atom. The van der Waals surface area contributed by atoms with Crippen LogP contribution in [-0.4, -0.2) is 46.6 Å². The Labute approximate surface area is 164 Å². The van der Waals surface area contributed by atoms with Gasteiger partial charge in [0.15, 0.2) is 17.2 Å². The second-order valence-electron chi connectivity index (χ2n) is 6.96. The van der Waals surface area contributed by atoms with Crippen molar-refractivity contribution in [2.24, 2.45) is 4.36 Å². The molecule has 0 unspecified atom stereocenters. The number of carbonyl (C=O) groups excluding carboxylic acids is 2. The second-order valence-corrected chi connectivity index (χ2v) is 9.50. The van der Waals surface area contributed by atoms with Crippen LogP contribution in [-0.2, 0) is 14.5 Å². The number of carbonyl (C=O) groups is 2. The van der Waals surface area contributed by atoms with Crippen molar-refractivity contribution in [3.8, 4) is 11.5 Å². The molecular formula is C20H25NO6S. The molecule has 1 N–H and O–H groups in total. The predicted molar refractivity (Wildman–Crippen MR) is 106 cm³/mol. The fourth-order valence-corrected chi connectivity index (χ4v) is 5.80. The van der Waals surface area contributed by atoms with Crippen LogP contribution in [0.4, 0.5) is 5.69 Å². The van der Waals surface area contributed by atoms with Gasteiger partial charge in [0, 0.05) is 24.3 Å². The lowest BCUT2D eigenvalue weighted by Gasteiger charge is -2.19. The van der Waals surface area contributed by atoms with Crippen LogP contribution in [0.3, 0.4) is 0 Å². The number of nitrogens with zero attached hydrogens (tertiary/aromatic N) is 1. The maximum Gasteiger partial charge on any atom is 0.203 e. The molecule has 3 rings (SSSR count). The number of aliphatic hydroxyl groups is 1. The SMILES string of the molecule is COc1ccc(C(=O)C2=C(O)CCCC2=O)c(OC)c1N=S1(=O)CCCCC1. The summed E-state index contributed by atoms with van der Waals surface area (Å²) >= 11 is 0. The first-order chi connectivity index (χ1) is 13.4. The highest BCUT2D eigenvalue weighted by molar-refractivity contribution is 7.93. The molecule has 0 radical (unpaired) electrons. The first-order valence-electron chi connectivity index (χ1n) is 9.37. The first kappa shape index (κ1) is 20.4. The molecule has 0 aromatic heterocycles. The molecule has 28 heavy (non-hydrogen) atoms. The van der Waals surface area contributed by atoms with Crippen LogP contribution in [0.2, 0.25) is 0 Å². The predicted octanol–water partition coefficient (Wildman–Crippen LogP) is 3.74. The summed E-state index contributed by atoms with van der Waals surface area (Å²) in [6.45, 7) is 0. The first-order valence-corrected chi connectivity index (χ1v) is 11.2. The number of hydrogen-bond acceptors (Lipinski definition) is 7. The van der Waals surface area contributed by atoms with E-state index in [4.69, 9.17) is 9.47 Å². The van der Waals surface area contributed by atoms with E-state index >= 15 is 0 Å². The van der Waals surface area contributed by atoms with Crippen molar-refractivity contribution < 1.29 is 28.4 Å². The Kier molecular flexibility index (Phi) is 6.07. The Balaban J connectivity index is 2.17. The van der Waals surface area contributed by atoms with E-state index in [1.165, 1.54) is 20.3 Å². The van der Waals surface area contributed by atoms with Gasteiger partial charge >= 0.3 is 0 Å². The summed E-state index contributed by atoms with van der Waals surface area (Å²) in [6, 6.07) is 3.03. The van der Waals surface area contributed by atoms with E-state index in [1.54, 1.807) is 6.07 Å². The minimum absolute atomic E-state index is 0.0951. The molecule has 1 saturated heterocycles. The molecule has 8 heteroatoms. The highest BCUT2D eigenvalue weighted by Gasteiger charge is 2.31. The average molecular weight is 407 g/mol. The van der Waals surface area contributed by atoms with Gasteiger partial charge in [-0.25, -0.2) is 4.21 Å². The molecule has 0 bridgehead atoms. The lowest BCUT2D eigenvalue weighted by atomic mass is 9.90.